The van der Waals surface area contributed by atoms with Crippen LogP contribution < -0.4 is 5.73 Å². The molecule has 2 N–H and O–H groups in total. The molecule has 0 saturated carbocycles. The molecular formula is C14H12BrN3. The van der Waals surface area contributed by atoms with Crippen molar-refractivity contribution in [1.82, 2.24) is 9.38 Å². The summed E-state index contributed by atoms with van der Waals surface area (Å²) in [6.45, 7) is 0. The Bertz CT molecular complexity index is 689. The Balaban J connectivity index is 2.08. The molecule has 0 saturated heterocycles. The van der Waals surface area contributed by atoms with E-state index in [1.807, 2.05) is 36.5 Å². The van der Waals surface area contributed by atoms with Crippen LogP contribution in [0.5, 0.6) is 0 Å². The maximum absolute atomic E-state index is 5.79. The van der Waals surface area contributed by atoms with Gasteiger partial charge in [-0.3, -0.25) is 0 Å². The average Bonchev–Trinajstić information content (AvgIpc) is 2.67. The molecule has 0 spiro atoms. The van der Waals surface area contributed by atoms with Crippen molar-refractivity contribution in [3.63, 3.8) is 0 Å². The highest BCUT2D eigenvalue weighted by Gasteiger charge is 2.09. The first-order valence-electron chi connectivity index (χ1n) is 5.70. The molecule has 0 radical (unpaired) electrons. The van der Waals surface area contributed by atoms with Gasteiger partial charge in [0.2, 0.25) is 0 Å². The fraction of sp³-hybridized carbons (Fsp3) is 0.0714. The van der Waals surface area contributed by atoms with Gasteiger partial charge in [-0.05, 0) is 33.6 Å². The summed E-state index contributed by atoms with van der Waals surface area (Å²) in [5.41, 5.74) is 8.78. The van der Waals surface area contributed by atoms with E-state index in [2.05, 4.69) is 37.4 Å². The van der Waals surface area contributed by atoms with E-state index < -0.39 is 0 Å². The van der Waals surface area contributed by atoms with Crippen LogP contribution in [0.4, 0.5) is 5.69 Å². The van der Waals surface area contributed by atoms with Crippen LogP contribution in [0.2, 0.25) is 0 Å². The van der Waals surface area contributed by atoms with Crippen LogP contribution in [-0.2, 0) is 6.42 Å². The molecule has 0 aliphatic carbocycles. The summed E-state index contributed by atoms with van der Waals surface area (Å²) in [6.07, 6.45) is 2.76. The Morgan fingerprint density at radius 3 is 2.72 bits per heavy atom. The van der Waals surface area contributed by atoms with Crippen LogP contribution in [0.25, 0.3) is 5.52 Å². The van der Waals surface area contributed by atoms with Crippen molar-refractivity contribution >= 4 is 27.1 Å². The van der Waals surface area contributed by atoms with E-state index in [0.29, 0.717) is 0 Å². The average molecular weight is 302 g/mol. The van der Waals surface area contributed by atoms with E-state index in [1.165, 1.54) is 5.56 Å². The van der Waals surface area contributed by atoms with Gasteiger partial charge in [-0.25, -0.2) is 4.98 Å². The first kappa shape index (κ1) is 11.3. The Labute approximate surface area is 113 Å². The molecule has 0 unspecified atom stereocenters. The zero-order valence-corrected chi connectivity index (χ0v) is 11.3. The monoisotopic (exact) mass is 301 g/mol. The molecule has 0 atom stereocenters. The molecule has 2 heterocycles. The Morgan fingerprint density at radius 1 is 1.17 bits per heavy atom. The number of hydrogen-bond donors (Lipinski definition) is 1. The van der Waals surface area contributed by atoms with Crippen LogP contribution in [0.1, 0.15) is 11.4 Å². The van der Waals surface area contributed by atoms with E-state index in [-0.39, 0.29) is 0 Å². The molecule has 0 aliphatic heterocycles. The SMILES string of the molecule is Nc1ccn2c(Cc3ccccc3)nc(Br)c2c1. The van der Waals surface area contributed by atoms with Gasteiger partial charge in [0.1, 0.15) is 10.4 Å². The minimum Gasteiger partial charge on any atom is -0.399 e. The second-order valence-electron chi connectivity index (χ2n) is 4.20. The summed E-state index contributed by atoms with van der Waals surface area (Å²) in [7, 11) is 0. The van der Waals surface area contributed by atoms with E-state index in [4.69, 9.17) is 5.73 Å². The number of nitrogens with zero attached hydrogens (tertiary/aromatic N) is 2. The largest absolute Gasteiger partial charge is 0.399 e. The number of halogens is 1. The summed E-state index contributed by atoms with van der Waals surface area (Å²) >= 11 is 3.48. The van der Waals surface area contributed by atoms with Crippen molar-refractivity contribution in [3.05, 3.63) is 64.7 Å². The minimum absolute atomic E-state index is 0.745. The predicted octanol–water partition coefficient (Wildman–Crippen LogP) is 3.27. The Morgan fingerprint density at radius 2 is 1.94 bits per heavy atom. The molecule has 3 aromatic rings. The molecule has 2 aromatic heterocycles. The third-order valence-electron chi connectivity index (χ3n) is 2.90. The third-order valence-corrected chi connectivity index (χ3v) is 3.48. The highest BCUT2D eigenvalue weighted by atomic mass is 79.9. The van der Waals surface area contributed by atoms with Crippen molar-refractivity contribution in [2.24, 2.45) is 0 Å². The molecule has 18 heavy (non-hydrogen) atoms. The number of rotatable bonds is 2. The molecule has 0 amide bonds. The summed E-state index contributed by atoms with van der Waals surface area (Å²) in [4.78, 5) is 4.55. The van der Waals surface area contributed by atoms with Gasteiger partial charge < -0.3 is 10.1 Å². The van der Waals surface area contributed by atoms with Gasteiger partial charge in [0.15, 0.2) is 0 Å². The van der Waals surface area contributed by atoms with E-state index >= 15 is 0 Å². The van der Waals surface area contributed by atoms with Crippen molar-refractivity contribution < 1.29 is 0 Å². The third kappa shape index (κ3) is 1.99. The smallest absolute Gasteiger partial charge is 0.132 e. The van der Waals surface area contributed by atoms with Crippen LogP contribution in [0.15, 0.2) is 53.3 Å². The minimum atomic E-state index is 0.745. The number of benzene rings is 1. The van der Waals surface area contributed by atoms with E-state index in [0.717, 1.165) is 28.1 Å². The van der Waals surface area contributed by atoms with Crippen molar-refractivity contribution in [2.45, 2.75) is 6.42 Å². The van der Waals surface area contributed by atoms with Crippen LogP contribution >= 0.6 is 15.9 Å². The molecule has 3 rings (SSSR count). The number of fused-ring (bicyclic) bond motifs is 1. The molecular weight excluding hydrogens is 290 g/mol. The van der Waals surface area contributed by atoms with Gasteiger partial charge in [0.05, 0.1) is 5.52 Å². The van der Waals surface area contributed by atoms with Crippen molar-refractivity contribution in [3.8, 4) is 0 Å². The lowest BCUT2D eigenvalue weighted by Crippen LogP contribution is -1.96. The molecule has 3 nitrogen and oxygen atoms in total. The normalized spacial score (nSPS) is 10.9. The number of hydrogen-bond acceptors (Lipinski definition) is 2. The fourth-order valence-corrected chi connectivity index (χ4v) is 2.54. The van der Waals surface area contributed by atoms with Crippen LogP contribution in [-0.4, -0.2) is 9.38 Å². The Kier molecular flexibility index (Phi) is 2.80. The lowest BCUT2D eigenvalue weighted by atomic mass is 10.1. The van der Waals surface area contributed by atoms with Crippen LogP contribution in [0.3, 0.4) is 0 Å². The van der Waals surface area contributed by atoms with Gasteiger partial charge in [0, 0.05) is 18.3 Å². The summed E-state index contributed by atoms with van der Waals surface area (Å²) < 4.78 is 2.90. The van der Waals surface area contributed by atoms with E-state index in [1.54, 1.807) is 0 Å². The molecule has 4 heteroatoms. The number of nitrogen functional groups attached to an aromatic ring is 1. The van der Waals surface area contributed by atoms with Crippen LogP contribution in [0, 0.1) is 0 Å². The fourth-order valence-electron chi connectivity index (χ4n) is 2.03. The maximum Gasteiger partial charge on any atom is 0.132 e. The number of pyridine rings is 1. The topological polar surface area (TPSA) is 43.3 Å². The van der Waals surface area contributed by atoms with E-state index in [9.17, 15) is 0 Å². The summed E-state index contributed by atoms with van der Waals surface area (Å²) in [5.74, 6) is 1.00. The first-order valence-corrected chi connectivity index (χ1v) is 6.49. The molecule has 0 bridgehead atoms. The number of aromatic nitrogens is 2. The van der Waals surface area contributed by atoms with Gasteiger partial charge in [-0.1, -0.05) is 30.3 Å². The lowest BCUT2D eigenvalue weighted by Gasteiger charge is -2.02. The van der Waals surface area contributed by atoms with Gasteiger partial charge in [-0.2, -0.15) is 0 Å². The second-order valence-corrected chi connectivity index (χ2v) is 4.95. The highest BCUT2D eigenvalue weighted by Crippen LogP contribution is 2.22. The van der Waals surface area contributed by atoms with Gasteiger partial charge in [-0.15, -0.1) is 0 Å². The van der Waals surface area contributed by atoms with Gasteiger partial charge in [0.25, 0.3) is 0 Å². The lowest BCUT2D eigenvalue weighted by molar-refractivity contribution is 0.959. The molecule has 1 aromatic carbocycles. The predicted molar refractivity (Wildman–Crippen MR) is 76.6 cm³/mol. The molecule has 0 aliphatic rings. The highest BCUT2D eigenvalue weighted by molar-refractivity contribution is 9.10. The van der Waals surface area contributed by atoms with Gasteiger partial charge >= 0.3 is 0 Å². The Hall–Kier alpha value is -1.81. The van der Waals surface area contributed by atoms with Crippen molar-refractivity contribution in [2.75, 3.05) is 5.73 Å². The number of imidazole rings is 1. The zero-order valence-electron chi connectivity index (χ0n) is 9.68. The standard InChI is InChI=1S/C14H12BrN3/c15-14-12-9-11(16)6-7-18(12)13(17-14)8-10-4-2-1-3-5-10/h1-7,9H,8,16H2. The zero-order chi connectivity index (χ0) is 12.5. The second kappa shape index (κ2) is 4.46. The number of nitrogens with two attached hydrogens (primary N) is 1. The number of anilines is 1. The van der Waals surface area contributed by atoms with Crippen molar-refractivity contribution in [1.29, 1.82) is 0 Å². The quantitative estimate of drug-likeness (QED) is 0.789. The summed E-state index contributed by atoms with van der Waals surface area (Å²) in [6, 6.07) is 14.1. The molecule has 0 fully saturated rings. The molecule has 90 valence electrons. The maximum atomic E-state index is 5.79. The first-order chi connectivity index (χ1) is 8.74. The summed E-state index contributed by atoms with van der Waals surface area (Å²) in [5, 5.41) is 0.